The van der Waals surface area contributed by atoms with Gasteiger partial charge in [-0.2, -0.15) is 0 Å². The largest absolute Gasteiger partial charge is 0.485 e. The minimum atomic E-state index is -1.13. The van der Waals surface area contributed by atoms with E-state index < -0.39 is 29.6 Å². The van der Waals surface area contributed by atoms with Gasteiger partial charge in [0.15, 0.2) is 11.5 Å². The molecule has 0 saturated carbocycles. The number of benzene rings is 4. The van der Waals surface area contributed by atoms with E-state index in [1.165, 1.54) is 7.11 Å². The normalized spacial score (nSPS) is 11.4. The summed E-state index contributed by atoms with van der Waals surface area (Å²) in [7, 11) is 1.19. The predicted molar refractivity (Wildman–Crippen MR) is 141 cm³/mol. The van der Waals surface area contributed by atoms with Crippen molar-refractivity contribution in [1.29, 1.82) is 0 Å². The number of hydrogen-bond acceptors (Lipinski definition) is 5. The summed E-state index contributed by atoms with van der Waals surface area (Å²) in [5, 5.41) is 2.48. The summed E-state index contributed by atoms with van der Waals surface area (Å²) in [4.78, 5) is 25.2. The topological polar surface area (TPSA) is 73.9 Å². The third-order valence-electron chi connectivity index (χ3n) is 5.89. The second-order valence-electron chi connectivity index (χ2n) is 8.71. The second kappa shape index (κ2) is 13.2. The summed E-state index contributed by atoms with van der Waals surface area (Å²) in [5.74, 6) is -2.48. The monoisotopic (exact) mass is 531 g/mol. The first kappa shape index (κ1) is 27.3. The predicted octanol–water partition coefficient (Wildman–Crippen LogP) is 5.64. The highest BCUT2D eigenvalue weighted by Crippen LogP contribution is 2.31. The highest BCUT2D eigenvalue weighted by molar-refractivity contribution is 5.97. The van der Waals surface area contributed by atoms with Gasteiger partial charge < -0.3 is 19.5 Å². The van der Waals surface area contributed by atoms with Crippen LogP contribution in [0.5, 0.6) is 11.5 Å². The van der Waals surface area contributed by atoms with Gasteiger partial charge in [-0.3, -0.25) is 4.79 Å². The molecule has 200 valence electrons. The van der Waals surface area contributed by atoms with Crippen LogP contribution in [-0.2, 0) is 29.2 Å². The fraction of sp³-hybridized carbons (Fsp3) is 0.161. The van der Waals surface area contributed by atoms with Crippen LogP contribution in [0.4, 0.5) is 8.78 Å². The van der Waals surface area contributed by atoms with Gasteiger partial charge in [0.25, 0.3) is 5.91 Å². The number of nitrogens with one attached hydrogen (secondary N) is 1. The molecule has 6 nitrogen and oxygen atoms in total. The Bertz CT molecular complexity index is 1410. The van der Waals surface area contributed by atoms with Crippen LogP contribution in [0.2, 0.25) is 0 Å². The number of amides is 1. The Morgan fingerprint density at radius 2 is 1.36 bits per heavy atom. The Kier molecular flexibility index (Phi) is 9.24. The lowest BCUT2D eigenvalue weighted by Crippen LogP contribution is -2.43. The van der Waals surface area contributed by atoms with Crippen LogP contribution < -0.4 is 14.8 Å². The summed E-state index contributed by atoms with van der Waals surface area (Å²) in [5.41, 5.74) is 2.19. The summed E-state index contributed by atoms with van der Waals surface area (Å²) in [6.07, 6.45) is 0.0297. The Balaban J connectivity index is 1.54. The van der Waals surface area contributed by atoms with E-state index in [2.05, 4.69) is 5.32 Å². The van der Waals surface area contributed by atoms with Gasteiger partial charge in [0.2, 0.25) is 0 Å². The van der Waals surface area contributed by atoms with Crippen molar-refractivity contribution >= 4 is 11.9 Å². The van der Waals surface area contributed by atoms with Crippen LogP contribution in [0, 0.1) is 11.6 Å². The lowest BCUT2D eigenvalue weighted by atomic mass is 10.0. The van der Waals surface area contributed by atoms with Crippen LogP contribution >= 0.6 is 0 Å². The number of halogens is 2. The smallest absolute Gasteiger partial charge is 0.328 e. The molecule has 0 spiro atoms. The van der Waals surface area contributed by atoms with Crippen LogP contribution in [0.3, 0.4) is 0 Å². The quantitative estimate of drug-likeness (QED) is 0.254. The molecule has 0 aliphatic heterocycles. The molecule has 4 rings (SSSR count). The molecule has 0 fully saturated rings. The van der Waals surface area contributed by atoms with Gasteiger partial charge in [0, 0.05) is 12.5 Å². The summed E-state index contributed by atoms with van der Waals surface area (Å²) >= 11 is 0. The lowest BCUT2D eigenvalue weighted by Gasteiger charge is -2.19. The maximum Gasteiger partial charge on any atom is 0.328 e. The first-order valence-corrected chi connectivity index (χ1v) is 12.2. The summed E-state index contributed by atoms with van der Waals surface area (Å²) in [6, 6.07) is 25.9. The van der Waals surface area contributed by atoms with Crippen molar-refractivity contribution in [3.05, 3.63) is 131 Å². The summed E-state index contributed by atoms with van der Waals surface area (Å²) < 4.78 is 44.4. The van der Waals surface area contributed by atoms with Crippen molar-refractivity contribution in [2.75, 3.05) is 7.11 Å². The third-order valence-corrected chi connectivity index (χ3v) is 5.89. The Hall–Kier alpha value is -4.72. The van der Waals surface area contributed by atoms with Crippen LogP contribution in [0.25, 0.3) is 0 Å². The first-order chi connectivity index (χ1) is 18.9. The van der Waals surface area contributed by atoms with Crippen molar-refractivity contribution in [3.8, 4) is 11.5 Å². The van der Waals surface area contributed by atoms with Crippen LogP contribution in [-0.4, -0.2) is 25.0 Å². The molecule has 1 amide bonds. The van der Waals surface area contributed by atoms with Crippen LogP contribution in [0.1, 0.15) is 27.0 Å². The van der Waals surface area contributed by atoms with Gasteiger partial charge >= 0.3 is 5.97 Å². The van der Waals surface area contributed by atoms with Gasteiger partial charge in [-0.1, -0.05) is 66.7 Å². The van der Waals surface area contributed by atoms with E-state index in [1.54, 1.807) is 18.2 Å². The molecule has 4 aromatic carbocycles. The van der Waals surface area contributed by atoms with Crippen molar-refractivity contribution < 1.29 is 32.6 Å². The molecule has 1 N–H and O–H groups in total. The number of carbonyl (C=O) groups excluding carboxylic acids is 2. The zero-order valence-corrected chi connectivity index (χ0v) is 21.2. The lowest BCUT2D eigenvalue weighted by molar-refractivity contribution is -0.142. The van der Waals surface area contributed by atoms with Crippen molar-refractivity contribution in [3.63, 3.8) is 0 Å². The van der Waals surface area contributed by atoms with Gasteiger partial charge in [0.05, 0.1) is 12.7 Å². The molecule has 39 heavy (non-hydrogen) atoms. The SMILES string of the molecule is COC(=O)[C@@H](Cc1ccc(OCc2ccccc2)c(OCc2ccccc2)c1)NC(=O)c1ccc(F)cc1F. The average molecular weight is 532 g/mol. The molecule has 4 aromatic rings. The minimum Gasteiger partial charge on any atom is -0.485 e. The number of rotatable bonds is 11. The number of ether oxygens (including phenoxy) is 3. The molecular weight excluding hydrogens is 504 g/mol. The van der Waals surface area contributed by atoms with E-state index in [-0.39, 0.29) is 18.6 Å². The van der Waals surface area contributed by atoms with E-state index in [9.17, 15) is 18.4 Å². The molecule has 0 unspecified atom stereocenters. The van der Waals surface area contributed by atoms with E-state index in [0.29, 0.717) is 29.7 Å². The van der Waals surface area contributed by atoms with Crippen molar-refractivity contribution in [2.24, 2.45) is 0 Å². The maximum atomic E-state index is 14.1. The Morgan fingerprint density at radius 1 is 0.744 bits per heavy atom. The molecule has 0 bridgehead atoms. The Labute approximate surface area is 225 Å². The average Bonchev–Trinajstić information content (AvgIpc) is 2.95. The van der Waals surface area contributed by atoms with E-state index in [0.717, 1.165) is 23.3 Å². The van der Waals surface area contributed by atoms with Gasteiger partial charge in [0.1, 0.15) is 30.9 Å². The van der Waals surface area contributed by atoms with Crippen LogP contribution in [0.15, 0.2) is 97.1 Å². The minimum absolute atomic E-state index is 0.0297. The molecule has 0 aliphatic rings. The Morgan fingerprint density at radius 3 is 1.95 bits per heavy atom. The highest BCUT2D eigenvalue weighted by Gasteiger charge is 2.25. The molecule has 0 radical (unpaired) electrons. The fourth-order valence-electron chi connectivity index (χ4n) is 3.86. The number of methoxy groups -OCH3 is 1. The number of carbonyl (C=O) groups is 2. The molecule has 8 heteroatoms. The van der Waals surface area contributed by atoms with Gasteiger partial charge in [-0.15, -0.1) is 0 Å². The third kappa shape index (κ3) is 7.64. The van der Waals surface area contributed by atoms with Crippen molar-refractivity contribution in [2.45, 2.75) is 25.7 Å². The molecule has 1 atom stereocenters. The van der Waals surface area contributed by atoms with E-state index in [1.807, 2.05) is 60.7 Å². The summed E-state index contributed by atoms with van der Waals surface area (Å²) in [6.45, 7) is 0.610. The zero-order chi connectivity index (χ0) is 27.6. The number of esters is 1. The van der Waals surface area contributed by atoms with E-state index in [4.69, 9.17) is 14.2 Å². The molecule has 0 aromatic heterocycles. The highest BCUT2D eigenvalue weighted by atomic mass is 19.1. The van der Waals surface area contributed by atoms with Gasteiger partial charge in [-0.05, 0) is 41.0 Å². The zero-order valence-electron chi connectivity index (χ0n) is 21.2. The first-order valence-electron chi connectivity index (χ1n) is 12.2. The van der Waals surface area contributed by atoms with Crippen molar-refractivity contribution in [1.82, 2.24) is 5.32 Å². The van der Waals surface area contributed by atoms with Gasteiger partial charge in [-0.25, -0.2) is 13.6 Å². The molecule has 0 saturated heterocycles. The number of hydrogen-bond donors (Lipinski definition) is 1. The maximum absolute atomic E-state index is 14.1. The molecule has 0 aliphatic carbocycles. The fourth-order valence-corrected chi connectivity index (χ4v) is 3.86. The molecular formula is C31H27F2NO5. The standard InChI is InChI=1S/C31H27F2NO5/c1-37-31(36)27(34-30(35)25-14-13-24(32)18-26(25)33)16-23-12-15-28(38-19-21-8-4-2-5-9-21)29(17-23)39-20-22-10-6-3-7-11-22/h2-15,17-18,27H,16,19-20H2,1H3,(H,34,35)/t27-/m1/s1. The second-order valence-corrected chi connectivity index (χ2v) is 8.71. The molecule has 0 heterocycles. The van der Waals surface area contributed by atoms with E-state index >= 15 is 0 Å².